The van der Waals surface area contributed by atoms with Crippen LogP contribution in [0.3, 0.4) is 0 Å². The van der Waals surface area contributed by atoms with Crippen molar-refractivity contribution >= 4 is 55.0 Å². The zero-order valence-corrected chi connectivity index (χ0v) is 38.5. The molecule has 0 radical (unpaired) electrons. The summed E-state index contributed by atoms with van der Waals surface area (Å²) in [5.41, 5.74) is 20.2. The van der Waals surface area contributed by atoms with Crippen molar-refractivity contribution in [2.75, 3.05) is 4.90 Å². The van der Waals surface area contributed by atoms with Crippen molar-refractivity contribution in [3.05, 3.63) is 279 Å². The van der Waals surface area contributed by atoms with Gasteiger partial charge in [-0.15, -0.1) is 0 Å². The topological polar surface area (TPSA) is 7.65 Å². The van der Waals surface area contributed by atoms with Gasteiger partial charge in [-0.3, -0.25) is 0 Å². The average Bonchev–Trinajstić information content (AvgIpc) is 3.80. The summed E-state index contributed by atoms with van der Waals surface area (Å²) in [5.74, 6) is 0. The van der Waals surface area contributed by atoms with Crippen LogP contribution in [0.4, 0.5) is 17.1 Å². The van der Waals surface area contributed by atoms with Crippen molar-refractivity contribution in [3.63, 3.8) is 0 Å². The highest BCUT2D eigenvalue weighted by Gasteiger charge is 2.22. The normalized spacial score (nSPS) is 11.4. The van der Waals surface area contributed by atoms with E-state index in [2.05, 4.69) is 288 Å². The number of hydrogen-bond acceptors (Lipinski definition) is 1. The standard InChI is InChI=1S/C68H46N2/c1-4-17-47(18-5-1)49-34-40-55(41-35-49)70(57-44-38-52(39-45-57)59-24-11-10-23-58(59)51-19-6-2-7-20-51)56-42-36-50(37-43-56)48-30-32-53(33-31-48)60-27-16-28-62-61-25-12-13-26-63(61)68-67(66(60)62)65(54-21-8-3-9-22-54)64-29-14-15-46-69(64)68/h1-46H. The molecule has 70 heavy (non-hydrogen) atoms. The molecule has 2 heterocycles. The summed E-state index contributed by atoms with van der Waals surface area (Å²) in [6, 6.07) is 99.2. The first-order chi connectivity index (χ1) is 34.7. The summed E-state index contributed by atoms with van der Waals surface area (Å²) >= 11 is 0. The van der Waals surface area contributed by atoms with E-state index in [-0.39, 0.29) is 0 Å². The number of pyridine rings is 1. The van der Waals surface area contributed by atoms with Gasteiger partial charge in [-0.1, -0.05) is 224 Å². The summed E-state index contributed by atoms with van der Waals surface area (Å²) in [6.07, 6.45) is 2.22. The third-order valence-corrected chi connectivity index (χ3v) is 14.0. The third kappa shape index (κ3) is 7.13. The number of hydrogen-bond donors (Lipinski definition) is 0. The van der Waals surface area contributed by atoms with Crippen LogP contribution in [-0.2, 0) is 0 Å². The second-order valence-electron chi connectivity index (χ2n) is 18.0. The van der Waals surface area contributed by atoms with E-state index in [0.717, 1.165) is 17.1 Å². The average molecular weight is 891 g/mol. The van der Waals surface area contributed by atoms with E-state index in [1.54, 1.807) is 0 Å². The lowest BCUT2D eigenvalue weighted by atomic mass is 9.89. The Morgan fingerprint density at radius 2 is 0.629 bits per heavy atom. The molecule has 0 unspecified atom stereocenters. The Kier molecular flexibility index (Phi) is 10.2. The van der Waals surface area contributed by atoms with E-state index in [4.69, 9.17) is 0 Å². The number of anilines is 3. The molecule has 2 aromatic heterocycles. The lowest BCUT2D eigenvalue weighted by Gasteiger charge is -2.26. The summed E-state index contributed by atoms with van der Waals surface area (Å²) in [6.45, 7) is 0. The predicted octanol–water partition coefficient (Wildman–Crippen LogP) is 18.9. The molecule has 13 aromatic rings. The molecule has 2 heteroatoms. The first kappa shape index (κ1) is 41.0. The molecule has 328 valence electrons. The zero-order valence-electron chi connectivity index (χ0n) is 38.5. The molecule has 0 fully saturated rings. The summed E-state index contributed by atoms with van der Waals surface area (Å²) in [7, 11) is 0. The van der Waals surface area contributed by atoms with Gasteiger partial charge in [-0.2, -0.15) is 0 Å². The molecule has 2 nitrogen and oxygen atoms in total. The molecule has 0 atom stereocenters. The van der Waals surface area contributed by atoms with Gasteiger partial charge < -0.3 is 9.30 Å². The minimum absolute atomic E-state index is 1.09. The SMILES string of the molecule is c1ccc(-c2ccc(N(c3ccc(-c4ccc(-c5cccc6c7ccccc7c7c(c(-c8ccccc8)c8ccccn87)c56)cc4)cc3)c3ccc(-c4ccccc4-c4ccccc4)cc3)cc2)cc1. The highest BCUT2D eigenvalue weighted by atomic mass is 15.1. The highest BCUT2D eigenvalue weighted by molar-refractivity contribution is 6.33. The minimum Gasteiger partial charge on any atom is -0.315 e. The van der Waals surface area contributed by atoms with Crippen LogP contribution in [-0.4, -0.2) is 4.40 Å². The van der Waals surface area contributed by atoms with E-state index in [0.29, 0.717) is 0 Å². The van der Waals surface area contributed by atoms with Gasteiger partial charge in [-0.25, -0.2) is 0 Å². The Bertz CT molecular complexity index is 3990. The fourth-order valence-corrected chi connectivity index (χ4v) is 10.7. The Labute approximate surface area is 408 Å². The second kappa shape index (κ2) is 17.4. The Morgan fingerprint density at radius 1 is 0.243 bits per heavy atom. The Morgan fingerprint density at radius 3 is 1.21 bits per heavy atom. The van der Waals surface area contributed by atoms with Crippen molar-refractivity contribution < 1.29 is 0 Å². The van der Waals surface area contributed by atoms with Gasteiger partial charge in [0.1, 0.15) is 0 Å². The molecule has 0 aliphatic carbocycles. The van der Waals surface area contributed by atoms with Gasteiger partial charge >= 0.3 is 0 Å². The molecular weight excluding hydrogens is 845 g/mol. The van der Waals surface area contributed by atoms with Gasteiger partial charge in [0.05, 0.1) is 11.0 Å². The molecule has 0 N–H and O–H groups in total. The van der Waals surface area contributed by atoms with E-state index in [1.807, 2.05) is 0 Å². The number of fused-ring (bicyclic) bond motifs is 8. The maximum Gasteiger partial charge on any atom is 0.0620 e. The molecule has 0 saturated carbocycles. The maximum absolute atomic E-state index is 2.39. The molecule has 11 aromatic carbocycles. The monoisotopic (exact) mass is 890 g/mol. The largest absolute Gasteiger partial charge is 0.315 e. The van der Waals surface area contributed by atoms with Gasteiger partial charge in [0, 0.05) is 45.0 Å². The van der Waals surface area contributed by atoms with Gasteiger partial charge in [0.15, 0.2) is 0 Å². The van der Waals surface area contributed by atoms with E-state index >= 15 is 0 Å². The smallest absolute Gasteiger partial charge is 0.0620 e. The number of benzene rings is 11. The predicted molar refractivity (Wildman–Crippen MR) is 297 cm³/mol. The third-order valence-electron chi connectivity index (χ3n) is 14.0. The molecule has 0 spiro atoms. The van der Waals surface area contributed by atoms with E-state index in [9.17, 15) is 0 Å². The first-order valence-electron chi connectivity index (χ1n) is 24.1. The molecule has 0 amide bonds. The number of rotatable bonds is 9. The fourth-order valence-electron chi connectivity index (χ4n) is 10.7. The van der Waals surface area contributed by atoms with Gasteiger partial charge in [0.2, 0.25) is 0 Å². The quantitative estimate of drug-likeness (QED) is 0.131. The summed E-state index contributed by atoms with van der Waals surface area (Å²) in [4.78, 5) is 2.36. The Hall–Kier alpha value is -9.24. The van der Waals surface area contributed by atoms with Crippen LogP contribution in [0.25, 0.3) is 105 Å². The highest BCUT2D eigenvalue weighted by Crippen LogP contribution is 2.47. The van der Waals surface area contributed by atoms with Crippen molar-refractivity contribution in [1.29, 1.82) is 0 Å². The molecule has 0 aliphatic rings. The van der Waals surface area contributed by atoms with Crippen LogP contribution in [0.15, 0.2) is 279 Å². The Balaban J connectivity index is 0.883. The van der Waals surface area contributed by atoms with Gasteiger partial charge in [-0.05, 0) is 121 Å². The van der Waals surface area contributed by atoms with Crippen LogP contribution in [0.5, 0.6) is 0 Å². The molecule has 0 saturated heterocycles. The molecular formula is C68H46N2. The van der Waals surface area contributed by atoms with Crippen molar-refractivity contribution in [1.82, 2.24) is 4.40 Å². The van der Waals surface area contributed by atoms with Crippen LogP contribution in [0.2, 0.25) is 0 Å². The van der Waals surface area contributed by atoms with Crippen LogP contribution < -0.4 is 4.90 Å². The lowest BCUT2D eigenvalue weighted by Crippen LogP contribution is -2.09. The van der Waals surface area contributed by atoms with Crippen molar-refractivity contribution in [2.45, 2.75) is 0 Å². The minimum atomic E-state index is 1.09. The van der Waals surface area contributed by atoms with Gasteiger partial charge in [0.25, 0.3) is 0 Å². The van der Waals surface area contributed by atoms with E-state index in [1.165, 1.54) is 105 Å². The molecule has 0 bridgehead atoms. The summed E-state index contributed by atoms with van der Waals surface area (Å²) in [5, 5.41) is 6.35. The van der Waals surface area contributed by atoms with Crippen LogP contribution >= 0.6 is 0 Å². The second-order valence-corrected chi connectivity index (χ2v) is 18.0. The number of nitrogens with zero attached hydrogens (tertiary/aromatic N) is 2. The first-order valence-corrected chi connectivity index (χ1v) is 24.1. The zero-order chi connectivity index (χ0) is 46.4. The fraction of sp³-hybridized carbons (Fsp3) is 0. The number of aromatic nitrogens is 1. The van der Waals surface area contributed by atoms with Crippen LogP contribution in [0, 0.1) is 0 Å². The van der Waals surface area contributed by atoms with Crippen molar-refractivity contribution in [3.8, 4) is 66.8 Å². The van der Waals surface area contributed by atoms with Crippen molar-refractivity contribution in [2.24, 2.45) is 0 Å². The van der Waals surface area contributed by atoms with Crippen LogP contribution in [0.1, 0.15) is 0 Å². The molecule has 0 aliphatic heterocycles. The summed E-state index contributed by atoms with van der Waals surface area (Å²) < 4.78 is 2.39. The maximum atomic E-state index is 2.39. The molecule has 13 rings (SSSR count). The lowest BCUT2D eigenvalue weighted by molar-refractivity contribution is 1.26. The van der Waals surface area contributed by atoms with E-state index < -0.39 is 0 Å².